The molecule has 0 aromatic heterocycles. The maximum atomic E-state index is 12.5. The van der Waals surface area contributed by atoms with Crippen LogP contribution in [-0.4, -0.2) is 41.3 Å². The highest BCUT2D eigenvalue weighted by molar-refractivity contribution is 7.89. The average Bonchev–Trinajstić information content (AvgIpc) is 3.19. The molecule has 0 heterocycles. The maximum absolute atomic E-state index is 12.5. The summed E-state index contributed by atoms with van der Waals surface area (Å²) in [6.07, 6.45) is 1.16. The van der Waals surface area contributed by atoms with Crippen molar-refractivity contribution in [3.63, 3.8) is 0 Å². The largest absolute Gasteiger partial charge is 0.480 e. The van der Waals surface area contributed by atoms with Crippen molar-refractivity contribution in [2.24, 2.45) is 0 Å². The van der Waals surface area contributed by atoms with Crippen molar-refractivity contribution in [3.8, 4) is 0 Å². The summed E-state index contributed by atoms with van der Waals surface area (Å²) in [5.41, 5.74) is -0.338. The van der Waals surface area contributed by atoms with Crippen LogP contribution < -0.4 is 0 Å². The lowest BCUT2D eigenvalue weighted by molar-refractivity contribution is -0.384. The van der Waals surface area contributed by atoms with Crippen LogP contribution in [0.25, 0.3) is 0 Å². The number of benzene rings is 1. The molecule has 0 bridgehead atoms. The molecular formula is C11H11ClN2O6S. The normalized spacial score (nSPS) is 15.1. The number of sulfonamides is 1. The molecule has 1 saturated carbocycles. The van der Waals surface area contributed by atoms with E-state index in [1.54, 1.807) is 0 Å². The van der Waals surface area contributed by atoms with E-state index in [9.17, 15) is 23.3 Å². The van der Waals surface area contributed by atoms with Gasteiger partial charge in [-0.15, -0.1) is 0 Å². The lowest BCUT2D eigenvalue weighted by Crippen LogP contribution is -2.37. The Morgan fingerprint density at radius 3 is 2.52 bits per heavy atom. The Bertz CT molecular complexity index is 701. The third kappa shape index (κ3) is 3.31. The lowest BCUT2D eigenvalue weighted by atomic mass is 10.3. The van der Waals surface area contributed by atoms with Crippen LogP contribution in [0.3, 0.4) is 0 Å². The molecule has 21 heavy (non-hydrogen) atoms. The predicted octanol–water partition coefficient (Wildman–Crippen LogP) is 1.49. The van der Waals surface area contributed by atoms with Gasteiger partial charge in [-0.05, 0) is 18.9 Å². The number of carbonyl (C=O) groups is 1. The van der Waals surface area contributed by atoms with E-state index in [4.69, 9.17) is 16.7 Å². The van der Waals surface area contributed by atoms with Crippen LogP contribution in [0, 0.1) is 10.1 Å². The molecule has 0 spiro atoms. The number of nitro benzene ring substituents is 1. The fourth-order valence-electron chi connectivity index (χ4n) is 1.85. The minimum Gasteiger partial charge on any atom is -0.480 e. The average molecular weight is 335 g/mol. The molecule has 10 heteroatoms. The van der Waals surface area contributed by atoms with Crippen molar-refractivity contribution in [3.05, 3.63) is 33.3 Å². The second kappa shape index (κ2) is 5.58. The van der Waals surface area contributed by atoms with Gasteiger partial charge in [-0.25, -0.2) is 8.42 Å². The first-order chi connectivity index (χ1) is 9.73. The van der Waals surface area contributed by atoms with Crippen LogP contribution in [0.1, 0.15) is 12.8 Å². The molecule has 1 aliphatic rings. The minimum absolute atomic E-state index is 0.305. The number of hydrogen-bond acceptors (Lipinski definition) is 5. The zero-order valence-electron chi connectivity index (χ0n) is 10.6. The summed E-state index contributed by atoms with van der Waals surface area (Å²) in [6, 6.07) is 2.61. The SMILES string of the molecule is O=C(O)CN(C1CC1)S(=O)(=O)c1ccc([N+](=O)[O-])cc1Cl. The molecule has 0 atom stereocenters. The van der Waals surface area contributed by atoms with E-state index >= 15 is 0 Å². The van der Waals surface area contributed by atoms with Crippen LogP contribution in [0.5, 0.6) is 0 Å². The molecule has 8 nitrogen and oxygen atoms in total. The van der Waals surface area contributed by atoms with E-state index < -0.39 is 27.5 Å². The smallest absolute Gasteiger partial charge is 0.318 e. The summed E-state index contributed by atoms with van der Waals surface area (Å²) >= 11 is 5.81. The summed E-state index contributed by atoms with van der Waals surface area (Å²) in [7, 11) is -4.11. The molecular weight excluding hydrogens is 324 g/mol. The second-order valence-electron chi connectivity index (χ2n) is 4.55. The van der Waals surface area contributed by atoms with Crippen molar-refractivity contribution >= 4 is 33.3 Å². The molecule has 1 fully saturated rings. The molecule has 0 aliphatic heterocycles. The Morgan fingerprint density at radius 1 is 1.48 bits per heavy atom. The zero-order chi connectivity index (χ0) is 15.8. The minimum atomic E-state index is -4.11. The number of halogens is 1. The van der Waals surface area contributed by atoms with E-state index in [1.165, 1.54) is 0 Å². The molecule has 0 saturated heterocycles. The molecule has 0 unspecified atom stereocenters. The molecule has 0 amide bonds. The Morgan fingerprint density at radius 2 is 2.10 bits per heavy atom. The monoisotopic (exact) mass is 334 g/mol. The van der Waals surface area contributed by atoms with Crippen LogP contribution in [0.15, 0.2) is 23.1 Å². The number of non-ortho nitro benzene ring substituents is 1. The van der Waals surface area contributed by atoms with Crippen LogP contribution in [-0.2, 0) is 14.8 Å². The van der Waals surface area contributed by atoms with Gasteiger partial charge in [0.1, 0.15) is 11.4 Å². The molecule has 1 aliphatic carbocycles. The summed E-state index contributed by atoms with van der Waals surface area (Å²) in [4.78, 5) is 20.4. The first-order valence-corrected chi connectivity index (χ1v) is 7.73. The fraction of sp³-hybridized carbons (Fsp3) is 0.364. The van der Waals surface area contributed by atoms with Gasteiger partial charge >= 0.3 is 5.97 Å². The number of rotatable bonds is 6. The molecule has 1 aromatic carbocycles. The van der Waals surface area contributed by atoms with Crippen molar-refractivity contribution in [2.75, 3.05) is 6.54 Å². The quantitative estimate of drug-likeness (QED) is 0.622. The van der Waals surface area contributed by atoms with Crippen LogP contribution in [0.2, 0.25) is 5.02 Å². The zero-order valence-corrected chi connectivity index (χ0v) is 12.2. The Kier molecular flexibility index (Phi) is 4.17. The third-order valence-corrected chi connectivity index (χ3v) is 5.34. The predicted molar refractivity (Wildman–Crippen MR) is 72.7 cm³/mol. The number of nitrogens with zero attached hydrogens (tertiary/aromatic N) is 2. The van der Waals surface area contributed by atoms with Gasteiger partial charge in [0.05, 0.1) is 9.95 Å². The second-order valence-corrected chi connectivity index (χ2v) is 6.81. The van der Waals surface area contributed by atoms with E-state index in [0.29, 0.717) is 12.8 Å². The summed E-state index contributed by atoms with van der Waals surface area (Å²) in [5.74, 6) is -1.27. The molecule has 114 valence electrons. The Labute approximate surface area is 125 Å². The number of aliphatic carboxylic acids is 1. The van der Waals surface area contributed by atoms with Crippen molar-refractivity contribution in [1.29, 1.82) is 0 Å². The van der Waals surface area contributed by atoms with Crippen molar-refractivity contribution < 1.29 is 23.2 Å². The number of nitro groups is 1. The van der Waals surface area contributed by atoms with Crippen molar-refractivity contribution in [1.82, 2.24) is 4.31 Å². The van der Waals surface area contributed by atoms with Gasteiger partial charge in [0.2, 0.25) is 10.0 Å². The van der Waals surface area contributed by atoms with E-state index in [1.807, 2.05) is 0 Å². The first-order valence-electron chi connectivity index (χ1n) is 5.91. The lowest BCUT2D eigenvalue weighted by Gasteiger charge is -2.20. The highest BCUT2D eigenvalue weighted by Crippen LogP contribution is 2.35. The number of carboxylic acids is 1. The number of hydrogen-bond donors (Lipinski definition) is 1. The maximum Gasteiger partial charge on any atom is 0.318 e. The molecule has 2 rings (SSSR count). The van der Waals surface area contributed by atoms with E-state index in [-0.39, 0.29) is 21.6 Å². The highest BCUT2D eigenvalue weighted by atomic mass is 35.5. The highest BCUT2D eigenvalue weighted by Gasteiger charge is 2.40. The topological polar surface area (TPSA) is 118 Å². The van der Waals surface area contributed by atoms with E-state index in [0.717, 1.165) is 22.5 Å². The van der Waals surface area contributed by atoms with Gasteiger partial charge in [0, 0.05) is 18.2 Å². The number of carboxylic acid groups (broad SMARTS) is 1. The van der Waals surface area contributed by atoms with E-state index in [2.05, 4.69) is 0 Å². The molecule has 0 radical (unpaired) electrons. The first kappa shape index (κ1) is 15.7. The summed E-state index contributed by atoms with van der Waals surface area (Å²) < 4.78 is 25.8. The van der Waals surface area contributed by atoms with Crippen LogP contribution >= 0.6 is 11.6 Å². The van der Waals surface area contributed by atoms with Gasteiger partial charge in [-0.3, -0.25) is 14.9 Å². The standard InChI is InChI=1S/C11H11ClN2O6S/c12-9-5-8(14(17)18)3-4-10(9)21(19,20)13(6-11(15)16)7-1-2-7/h3-5,7H,1-2,6H2,(H,15,16). The summed E-state index contributed by atoms with van der Waals surface area (Å²) in [5, 5.41) is 19.1. The van der Waals surface area contributed by atoms with Gasteiger partial charge in [-0.2, -0.15) is 4.31 Å². The van der Waals surface area contributed by atoms with Gasteiger partial charge < -0.3 is 5.11 Å². The van der Waals surface area contributed by atoms with Gasteiger partial charge in [0.25, 0.3) is 5.69 Å². The fourth-order valence-corrected chi connectivity index (χ4v) is 3.99. The molecule has 1 aromatic rings. The molecule has 1 N–H and O–H groups in total. The van der Waals surface area contributed by atoms with Crippen LogP contribution in [0.4, 0.5) is 5.69 Å². The Hall–Kier alpha value is -1.71. The van der Waals surface area contributed by atoms with Gasteiger partial charge in [0.15, 0.2) is 0 Å². The Balaban J connectivity index is 2.42. The van der Waals surface area contributed by atoms with Gasteiger partial charge in [-0.1, -0.05) is 11.6 Å². The third-order valence-electron chi connectivity index (χ3n) is 2.96. The summed E-state index contributed by atoms with van der Waals surface area (Å²) in [6.45, 7) is -0.666. The van der Waals surface area contributed by atoms with Crippen molar-refractivity contribution in [2.45, 2.75) is 23.8 Å².